The Kier molecular flexibility index (Phi) is 4.71. The number of hydrogen-bond acceptors (Lipinski definition) is 6. The number of aliphatic carboxylic acids is 1. The Morgan fingerprint density at radius 2 is 2.40 bits per heavy atom. The van der Waals surface area contributed by atoms with Gasteiger partial charge in [0.15, 0.2) is 18.1 Å². The lowest BCUT2D eigenvalue weighted by molar-refractivity contribution is -0.138. The van der Waals surface area contributed by atoms with Gasteiger partial charge in [0, 0.05) is 5.75 Å². The third kappa shape index (κ3) is 3.15. The highest BCUT2D eigenvalue weighted by Gasteiger charge is 2.30. The number of nitriles is 1. The van der Waals surface area contributed by atoms with Crippen molar-refractivity contribution >= 4 is 17.7 Å². The van der Waals surface area contributed by atoms with E-state index >= 15 is 0 Å². The van der Waals surface area contributed by atoms with Gasteiger partial charge in [0.25, 0.3) is 0 Å². The second-order valence-electron chi connectivity index (χ2n) is 4.13. The molecule has 2 rings (SSSR count). The average Bonchev–Trinajstić information content (AvgIpc) is 2.95. The van der Waals surface area contributed by atoms with Crippen LogP contribution in [0.4, 0.5) is 0 Å². The summed E-state index contributed by atoms with van der Waals surface area (Å²) in [5.74, 6) is 0.699. The first kappa shape index (κ1) is 14.5. The third-order valence-electron chi connectivity index (χ3n) is 2.86. The fraction of sp³-hybridized carbons (Fsp3) is 0.385. The molecule has 0 spiro atoms. The molecule has 0 aliphatic carbocycles. The number of ether oxygens (including phenoxy) is 2. The number of carbonyl (C=O) groups is 1. The molecule has 6 nitrogen and oxygen atoms in total. The largest absolute Gasteiger partial charge is 0.493 e. The van der Waals surface area contributed by atoms with E-state index in [1.54, 1.807) is 12.1 Å². The minimum Gasteiger partial charge on any atom is -0.493 e. The molecule has 20 heavy (non-hydrogen) atoms. The molecule has 2 atom stereocenters. The van der Waals surface area contributed by atoms with E-state index in [1.165, 1.54) is 18.9 Å². The highest BCUT2D eigenvalue weighted by molar-refractivity contribution is 7.99. The normalized spacial score (nSPS) is 21.2. The Hall–Kier alpha value is -1.91. The lowest BCUT2D eigenvalue weighted by Gasteiger charge is -2.14. The maximum atomic E-state index is 10.9. The number of benzene rings is 1. The van der Waals surface area contributed by atoms with E-state index in [-0.39, 0.29) is 12.0 Å². The van der Waals surface area contributed by atoms with Crippen molar-refractivity contribution in [3.8, 4) is 17.6 Å². The Morgan fingerprint density at radius 1 is 1.60 bits per heavy atom. The summed E-state index contributed by atoms with van der Waals surface area (Å²) in [5.41, 5.74) is 0.917. The quantitative estimate of drug-likeness (QED) is 0.847. The van der Waals surface area contributed by atoms with Crippen LogP contribution in [0.15, 0.2) is 18.2 Å². The van der Waals surface area contributed by atoms with Crippen molar-refractivity contribution in [1.82, 2.24) is 5.32 Å². The van der Waals surface area contributed by atoms with Crippen molar-refractivity contribution in [3.63, 3.8) is 0 Å². The number of carboxylic acids is 1. The zero-order valence-corrected chi connectivity index (χ0v) is 11.6. The summed E-state index contributed by atoms with van der Waals surface area (Å²) in [5, 5.41) is 20.4. The Morgan fingerprint density at radius 3 is 3.00 bits per heavy atom. The first-order chi connectivity index (χ1) is 9.65. The van der Waals surface area contributed by atoms with Gasteiger partial charge in [-0.05, 0) is 17.7 Å². The van der Waals surface area contributed by atoms with Gasteiger partial charge in [-0.3, -0.25) is 10.1 Å². The molecule has 1 heterocycles. The standard InChI is InChI=1S/C13H14N2O4S/c1-18-11-6-8(2-3-10(11)19-5-4-14)12-15-9(7-20-12)13(16)17/h2-3,6,9,12,15H,5,7H2,1H3,(H,16,17)/t9-,12+/m0/s1. The molecule has 0 amide bonds. The van der Waals surface area contributed by atoms with Crippen LogP contribution in [0.25, 0.3) is 0 Å². The zero-order chi connectivity index (χ0) is 14.5. The van der Waals surface area contributed by atoms with Gasteiger partial charge in [-0.1, -0.05) is 6.07 Å². The van der Waals surface area contributed by atoms with Crippen LogP contribution >= 0.6 is 11.8 Å². The average molecular weight is 294 g/mol. The second kappa shape index (κ2) is 6.50. The molecule has 1 aliphatic heterocycles. The van der Waals surface area contributed by atoms with Gasteiger partial charge < -0.3 is 14.6 Å². The van der Waals surface area contributed by atoms with E-state index < -0.39 is 12.0 Å². The molecule has 0 saturated carbocycles. The summed E-state index contributed by atoms with van der Waals surface area (Å²) in [6.07, 6.45) is 0. The minimum absolute atomic E-state index is 0.0484. The van der Waals surface area contributed by atoms with Crippen molar-refractivity contribution in [1.29, 1.82) is 5.26 Å². The molecule has 7 heteroatoms. The van der Waals surface area contributed by atoms with Crippen molar-refractivity contribution in [2.45, 2.75) is 11.4 Å². The highest BCUT2D eigenvalue weighted by atomic mass is 32.2. The smallest absolute Gasteiger partial charge is 0.321 e. The van der Waals surface area contributed by atoms with Gasteiger partial charge in [0.05, 0.1) is 12.5 Å². The molecule has 106 valence electrons. The molecule has 2 N–H and O–H groups in total. The Balaban J connectivity index is 2.14. The van der Waals surface area contributed by atoms with Crippen LogP contribution in [-0.4, -0.2) is 36.6 Å². The fourth-order valence-electron chi connectivity index (χ4n) is 1.88. The number of carboxylic acid groups (broad SMARTS) is 1. The molecule has 1 saturated heterocycles. The van der Waals surface area contributed by atoms with E-state index in [9.17, 15) is 4.79 Å². The molecule has 0 radical (unpaired) electrons. The van der Waals surface area contributed by atoms with Gasteiger partial charge in [-0.2, -0.15) is 5.26 Å². The maximum absolute atomic E-state index is 10.9. The summed E-state index contributed by atoms with van der Waals surface area (Å²) >= 11 is 1.53. The first-order valence-electron chi connectivity index (χ1n) is 5.94. The van der Waals surface area contributed by atoms with Gasteiger partial charge in [-0.25, -0.2) is 0 Å². The Labute approximate surface area is 120 Å². The highest BCUT2D eigenvalue weighted by Crippen LogP contribution is 2.37. The molecule has 0 bridgehead atoms. The van der Waals surface area contributed by atoms with E-state index in [2.05, 4.69) is 5.32 Å². The predicted molar refractivity (Wildman–Crippen MR) is 73.9 cm³/mol. The summed E-state index contributed by atoms with van der Waals surface area (Å²) in [7, 11) is 1.52. The molecule has 0 aromatic heterocycles. The van der Waals surface area contributed by atoms with Crippen LogP contribution in [0.1, 0.15) is 10.9 Å². The second-order valence-corrected chi connectivity index (χ2v) is 5.27. The summed E-state index contributed by atoms with van der Waals surface area (Å²) in [6, 6.07) is 6.71. The van der Waals surface area contributed by atoms with E-state index in [4.69, 9.17) is 19.8 Å². The van der Waals surface area contributed by atoms with Crippen molar-refractivity contribution in [3.05, 3.63) is 23.8 Å². The van der Waals surface area contributed by atoms with Crippen molar-refractivity contribution in [2.24, 2.45) is 0 Å². The fourth-order valence-corrected chi connectivity index (χ4v) is 3.11. The first-order valence-corrected chi connectivity index (χ1v) is 6.98. The van der Waals surface area contributed by atoms with Gasteiger partial charge in [0.2, 0.25) is 0 Å². The van der Waals surface area contributed by atoms with E-state index in [1.807, 2.05) is 12.1 Å². The number of methoxy groups -OCH3 is 1. The molecule has 1 fully saturated rings. The summed E-state index contributed by atoms with van der Waals surface area (Å²) < 4.78 is 10.5. The molecule has 1 aromatic rings. The summed E-state index contributed by atoms with van der Waals surface area (Å²) in [4.78, 5) is 10.9. The number of thioether (sulfide) groups is 1. The number of rotatable bonds is 5. The van der Waals surface area contributed by atoms with Crippen LogP contribution in [0.2, 0.25) is 0 Å². The number of nitrogens with zero attached hydrogens (tertiary/aromatic N) is 1. The SMILES string of the molecule is COc1cc([C@@H]2N[C@H](C(=O)O)CS2)ccc1OCC#N. The topological polar surface area (TPSA) is 91.6 Å². The van der Waals surface area contributed by atoms with Crippen LogP contribution in [0, 0.1) is 11.3 Å². The van der Waals surface area contributed by atoms with E-state index in [0.29, 0.717) is 17.3 Å². The molecule has 1 aliphatic rings. The molecule has 0 unspecified atom stereocenters. The number of hydrogen-bond donors (Lipinski definition) is 2. The van der Waals surface area contributed by atoms with Gasteiger partial charge in [-0.15, -0.1) is 11.8 Å². The lowest BCUT2D eigenvalue weighted by Crippen LogP contribution is -2.33. The van der Waals surface area contributed by atoms with Crippen molar-refractivity contribution < 1.29 is 19.4 Å². The molecule has 1 aromatic carbocycles. The molecular formula is C13H14N2O4S. The number of nitrogens with one attached hydrogen (secondary N) is 1. The van der Waals surface area contributed by atoms with Gasteiger partial charge in [0.1, 0.15) is 12.1 Å². The van der Waals surface area contributed by atoms with Gasteiger partial charge >= 0.3 is 5.97 Å². The van der Waals surface area contributed by atoms with Crippen LogP contribution < -0.4 is 14.8 Å². The van der Waals surface area contributed by atoms with Crippen molar-refractivity contribution in [2.75, 3.05) is 19.5 Å². The Bertz CT molecular complexity index is 544. The minimum atomic E-state index is -0.846. The lowest BCUT2D eigenvalue weighted by atomic mass is 10.2. The predicted octanol–water partition coefficient (Wildman–Crippen LogP) is 1.39. The van der Waals surface area contributed by atoms with Crippen LogP contribution in [-0.2, 0) is 4.79 Å². The monoisotopic (exact) mass is 294 g/mol. The molecular weight excluding hydrogens is 280 g/mol. The van der Waals surface area contributed by atoms with Crippen LogP contribution in [0.3, 0.4) is 0 Å². The third-order valence-corrected chi connectivity index (χ3v) is 4.13. The summed E-state index contributed by atoms with van der Waals surface area (Å²) in [6.45, 7) is -0.0484. The van der Waals surface area contributed by atoms with E-state index in [0.717, 1.165) is 5.56 Å². The van der Waals surface area contributed by atoms with Crippen LogP contribution in [0.5, 0.6) is 11.5 Å². The maximum Gasteiger partial charge on any atom is 0.321 e. The zero-order valence-electron chi connectivity index (χ0n) is 10.8.